The van der Waals surface area contributed by atoms with Crippen molar-refractivity contribution in [2.45, 2.75) is 9.71 Å². The Labute approximate surface area is 173 Å². The predicted molar refractivity (Wildman–Crippen MR) is 113 cm³/mol. The lowest BCUT2D eigenvalue weighted by Crippen LogP contribution is -2.37. The van der Waals surface area contributed by atoms with E-state index in [9.17, 15) is 4.79 Å². The van der Waals surface area contributed by atoms with Crippen LogP contribution in [0.5, 0.6) is 0 Å². The standard InChI is InChI=1S/C23H15Cl3O/c24-22-20(21(27)17-13-7-8-14-18(17)23(22,25)26)19(15-9-3-1-4-10-15)16-11-5-2-6-12-16/h1-14,22H/t22-/m0/s1. The third kappa shape index (κ3) is 3.10. The molecule has 0 spiro atoms. The summed E-state index contributed by atoms with van der Waals surface area (Å²) in [4.78, 5) is 13.4. The molecule has 0 radical (unpaired) electrons. The van der Waals surface area contributed by atoms with Gasteiger partial charge in [0.2, 0.25) is 0 Å². The number of ketones is 1. The third-order valence-electron chi connectivity index (χ3n) is 4.74. The van der Waals surface area contributed by atoms with E-state index in [0.29, 0.717) is 16.7 Å². The molecule has 3 aromatic carbocycles. The minimum absolute atomic E-state index is 0.148. The fraction of sp³-hybridized carbons (Fsp3) is 0.0870. The molecule has 0 aromatic heterocycles. The number of fused-ring (bicyclic) bond motifs is 1. The van der Waals surface area contributed by atoms with Gasteiger partial charge in [-0.15, -0.1) is 11.6 Å². The number of halogens is 3. The van der Waals surface area contributed by atoms with Crippen LogP contribution in [0.15, 0.2) is 90.5 Å². The molecule has 0 saturated carbocycles. The number of rotatable bonds is 2. The van der Waals surface area contributed by atoms with Crippen molar-refractivity contribution < 1.29 is 4.79 Å². The van der Waals surface area contributed by atoms with Crippen molar-refractivity contribution in [1.29, 1.82) is 0 Å². The van der Waals surface area contributed by atoms with Crippen molar-refractivity contribution in [1.82, 2.24) is 0 Å². The summed E-state index contributed by atoms with van der Waals surface area (Å²) in [5, 5.41) is -0.890. The van der Waals surface area contributed by atoms with E-state index in [1.807, 2.05) is 60.7 Å². The van der Waals surface area contributed by atoms with Gasteiger partial charge in [0, 0.05) is 16.7 Å². The van der Waals surface area contributed by atoms with Crippen LogP contribution < -0.4 is 0 Å². The lowest BCUT2D eigenvalue weighted by atomic mass is 9.80. The van der Waals surface area contributed by atoms with Gasteiger partial charge in [0.1, 0.15) is 5.38 Å². The highest BCUT2D eigenvalue weighted by Gasteiger charge is 2.48. The van der Waals surface area contributed by atoms with E-state index in [-0.39, 0.29) is 5.78 Å². The van der Waals surface area contributed by atoms with E-state index < -0.39 is 9.71 Å². The Morgan fingerprint density at radius 3 is 1.78 bits per heavy atom. The van der Waals surface area contributed by atoms with Crippen LogP contribution in [0.1, 0.15) is 27.0 Å². The van der Waals surface area contributed by atoms with Crippen molar-refractivity contribution in [2.24, 2.45) is 0 Å². The fourth-order valence-corrected chi connectivity index (χ4v) is 4.35. The molecule has 134 valence electrons. The van der Waals surface area contributed by atoms with Crippen LogP contribution >= 0.6 is 34.8 Å². The maximum absolute atomic E-state index is 13.4. The summed E-state index contributed by atoms with van der Waals surface area (Å²) in [7, 11) is 0. The first-order valence-corrected chi connectivity index (χ1v) is 9.72. The first-order valence-electron chi connectivity index (χ1n) is 8.53. The lowest BCUT2D eigenvalue weighted by molar-refractivity contribution is 0.102. The van der Waals surface area contributed by atoms with Gasteiger partial charge in [0.05, 0.1) is 0 Å². The van der Waals surface area contributed by atoms with E-state index in [0.717, 1.165) is 16.7 Å². The van der Waals surface area contributed by atoms with Gasteiger partial charge in [0.15, 0.2) is 10.1 Å². The van der Waals surface area contributed by atoms with Gasteiger partial charge in [-0.2, -0.15) is 0 Å². The number of carbonyl (C=O) groups excluding carboxylic acids is 1. The summed E-state index contributed by atoms with van der Waals surface area (Å²) >= 11 is 20.1. The van der Waals surface area contributed by atoms with Crippen LogP contribution in [-0.4, -0.2) is 11.2 Å². The molecule has 1 atom stereocenters. The quantitative estimate of drug-likeness (QED) is 0.341. The lowest BCUT2D eigenvalue weighted by Gasteiger charge is -2.35. The maximum Gasteiger partial charge on any atom is 0.191 e. The monoisotopic (exact) mass is 412 g/mol. The molecule has 0 unspecified atom stereocenters. The molecule has 0 aliphatic heterocycles. The van der Waals surface area contributed by atoms with Gasteiger partial charge >= 0.3 is 0 Å². The highest BCUT2D eigenvalue weighted by Crippen LogP contribution is 2.51. The average Bonchev–Trinajstić information content (AvgIpc) is 2.71. The minimum atomic E-state index is -1.41. The second-order valence-electron chi connectivity index (χ2n) is 6.38. The van der Waals surface area contributed by atoms with Crippen LogP contribution in [0, 0.1) is 0 Å². The topological polar surface area (TPSA) is 17.1 Å². The number of hydrogen-bond acceptors (Lipinski definition) is 1. The maximum atomic E-state index is 13.4. The fourth-order valence-electron chi connectivity index (χ4n) is 3.48. The van der Waals surface area contributed by atoms with Gasteiger partial charge in [-0.25, -0.2) is 0 Å². The van der Waals surface area contributed by atoms with Crippen LogP contribution in [0.4, 0.5) is 0 Å². The molecule has 1 aliphatic carbocycles. The normalized spacial score (nSPS) is 18.1. The molecule has 0 heterocycles. The number of Topliss-reactive ketones (excluding diaryl/α,β-unsaturated/α-hetero) is 1. The number of benzene rings is 3. The molecule has 27 heavy (non-hydrogen) atoms. The van der Waals surface area contributed by atoms with E-state index in [2.05, 4.69) is 0 Å². The van der Waals surface area contributed by atoms with Crippen molar-refractivity contribution >= 4 is 46.2 Å². The van der Waals surface area contributed by atoms with Gasteiger partial charge in [0.25, 0.3) is 0 Å². The molecule has 0 saturated heterocycles. The van der Waals surface area contributed by atoms with Crippen LogP contribution in [0.2, 0.25) is 0 Å². The Kier molecular flexibility index (Phi) is 4.86. The van der Waals surface area contributed by atoms with Crippen molar-refractivity contribution in [2.75, 3.05) is 0 Å². The van der Waals surface area contributed by atoms with Crippen LogP contribution in [0.3, 0.4) is 0 Å². The molecule has 0 fully saturated rings. The van der Waals surface area contributed by atoms with Gasteiger partial charge in [-0.3, -0.25) is 4.79 Å². The second kappa shape index (κ2) is 7.16. The summed E-state index contributed by atoms with van der Waals surface area (Å²) in [6.07, 6.45) is 0. The zero-order valence-corrected chi connectivity index (χ0v) is 16.5. The first-order chi connectivity index (χ1) is 13.0. The molecule has 1 nitrogen and oxygen atoms in total. The molecule has 4 rings (SSSR count). The Hall–Kier alpha value is -2.06. The Morgan fingerprint density at radius 2 is 1.22 bits per heavy atom. The average molecular weight is 414 g/mol. The van der Waals surface area contributed by atoms with Crippen molar-refractivity contribution in [3.63, 3.8) is 0 Å². The van der Waals surface area contributed by atoms with Crippen molar-refractivity contribution in [3.05, 3.63) is 113 Å². The Balaban J connectivity index is 2.07. The molecule has 1 aliphatic rings. The number of hydrogen-bond donors (Lipinski definition) is 0. The van der Waals surface area contributed by atoms with E-state index in [1.165, 1.54) is 0 Å². The van der Waals surface area contributed by atoms with E-state index in [1.54, 1.807) is 24.3 Å². The van der Waals surface area contributed by atoms with Gasteiger partial charge in [-0.1, -0.05) is 108 Å². The van der Waals surface area contributed by atoms with E-state index in [4.69, 9.17) is 34.8 Å². The van der Waals surface area contributed by atoms with Crippen molar-refractivity contribution in [3.8, 4) is 0 Å². The third-order valence-corrected chi connectivity index (χ3v) is 6.35. The van der Waals surface area contributed by atoms with Gasteiger partial charge < -0.3 is 0 Å². The number of allylic oxidation sites excluding steroid dienone is 1. The van der Waals surface area contributed by atoms with E-state index >= 15 is 0 Å². The SMILES string of the molecule is O=C1C(=C(c2ccccc2)c2ccccc2)[C@H](Cl)C(Cl)(Cl)c2ccccc21. The summed E-state index contributed by atoms with van der Waals surface area (Å²) in [6, 6.07) is 26.5. The van der Waals surface area contributed by atoms with Crippen LogP contribution in [0.25, 0.3) is 5.57 Å². The zero-order chi connectivity index (χ0) is 19.0. The number of carbonyl (C=O) groups is 1. The Morgan fingerprint density at radius 1 is 0.741 bits per heavy atom. The molecular weight excluding hydrogens is 399 g/mol. The number of alkyl halides is 3. The zero-order valence-electron chi connectivity index (χ0n) is 14.2. The van der Waals surface area contributed by atoms with Crippen LogP contribution in [-0.2, 0) is 4.33 Å². The minimum Gasteiger partial charge on any atom is -0.289 e. The largest absolute Gasteiger partial charge is 0.289 e. The summed E-state index contributed by atoms with van der Waals surface area (Å²) in [6.45, 7) is 0. The second-order valence-corrected chi connectivity index (χ2v) is 8.20. The molecule has 0 amide bonds. The van der Waals surface area contributed by atoms with Gasteiger partial charge in [-0.05, 0) is 16.7 Å². The molecule has 0 N–H and O–H groups in total. The smallest absolute Gasteiger partial charge is 0.191 e. The summed E-state index contributed by atoms with van der Waals surface area (Å²) in [5.74, 6) is -0.148. The highest BCUT2D eigenvalue weighted by molar-refractivity contribution is 6.54. The summed E-state index contributed by atoms with van der Waals surface area (Å²) in [5.41, 5.74) is 3.97. The summed E-state index contributed by atoms with van der Waals surface area (Å²) < 4.78 is -1.41. The molecule has 0 bridgehead atoms. The molecular formula is C23H15Cl3O. The first kappa shape index (κ1) is 18.3. The molecule has 3 aromatic rings. The highest BCUT2D eigenvalue weighted by atomic mass is 35.5. The predicted octanol–water partition coefficient (Wildman–Crippen LogP) is 6.62. The Bertz CT molecular complexity index is 982. The molecule has 4 heteroatoms.